The van der Waals surface area contributed by atoms with Gasteiger partial charge in [0.05, 0.1) is 58.3 Å². The number of benzene rings is 6. The van der Waals surface area contributed by atoms with Crippen molar-refractivity contribution >= 4 is 55.0 Å². The van der Waals surface area contributed by atoms with Crippen LogP contribution in [0.1, 0.15) is 11.1 Å². The van der Waals surface area contributed by atoms with Crippen molar-refractivity contribution in [2.75, 3.05) is 0 Å². The quantitative estimate of drug-likeness (QED) is 0.180. The molecule has 0 bridgehead atoms. The van der Waals surface area contributed by atoms with E-state index >= 15 is 0 Å². The van der Waals surface area contributed by atoms with E-state index in [9.17, 15) is 18.4 Å². The number of aromatic nitrogens is 2. The molecule has 0 N–H and O–H groups in total. The fourth-order valence-electron chi connectivity index (χ4n) is 6.84. The first-order chi connectivity index (χ1) is 23.3. The SMILES string of the molecule is [C-]#[N+]c1ccc2c3ccccc3n(-c3c(-c4ccccc4C(F)(F)F)ccc(-n4c5ccccc5c5ccc(C#N)cc54)c3[N+]#[C-])c2c1. The van der Waals surface area contributed by atoms with E-state index in [1.807, 2.05) is 69.8 Å². The average Bonchev–Trinajstić information content (AvgIpc) is 3.62. The first kappa shape index (κ1) is 28.6. The number of rotatable bonds is 3. The first-order valence-electron chi connectivity index (χ1n) is 14.9. The normalized spacial score (nSPS) is 11.6. The van der Waals surface area contributed by atoms with Crippen LogP contribution in [-0.4, -0.2) is 9.13 Å². The Morgan fingerprint density at radius 1 is 0.583 bits per heavy atom. The van der Waals surface area contributed by atoms with Gasteiger partial charge >= 0.3 is 6.18 Å². The highest BCUT2D eigenvalue weighted by atomic mass is 19.4. The molecule has 226 valence electrons. The van der Waals surface area contributed by atoms with Crippen LogP contribution in [0.25, 0.3) is 75.8 Å². The van der Waals surface area contributed by atoms with E-state index in [4.69, 9.17) is 13.1 Å². The van der Waals surface area contributed by atoms with E-state index < -0.39 is 11.7 Å². The van der Waals surface area contributed by atoms with Gasteiger partial charge in [0.25, 0.3) is 0 Å². The van der Waals surface area contributed by atoms with Crippen molar-refractivity contribution in [3.63, 3.8) is 0 Å². The molecule has 0 amide bonds. The molecule has 8 aromatic rings. The number of para-hydroxylation sites is 2. The highest BCUT2D eigenvalue weighted by Gasteiger charge is 2.35. The Morgan fingerprint density at radius 2 is 1.19 bits per heavy atom. The third kappa shape index (κ3) is 4.16. The van der Waals surface area contributed by atoms with Crippen LogP contribution in [0.4, 0.5) is 24.5 Å². The van der Waals surface area contributed by atoms with Crippen molar-refractivity contribution in [1.29, 1.82) is 5.26 Å². The third-order valence-corrected chi connectivity index (χ3v) is 8.82. The first-order valence-corrected chi connectivity index (χ1v) is 14.9. The molecule has 0 aliphatic rings. The maximum absolute atomic E-state index is 14.6. The lowest BCUT2D eigenvalue weighted by atomic mass is 9.96. The summed E-state index contributed by atoms with van der Waals surface area (Å²) in [5, 5.41) is 13.2. The molecular formula is C40H20F3N5. The van der Waals surface area contributed by atoms with Crippen molar-refractivity contribution in [1.82, 2.24) is 9.13 Å². The highest BCUT2D eigenvalue weighted by molar-refractivity contribution is 6.13. The van der Waals surface area contributed by atoms with E-state index in [1.165, 1.54) is 12.1 Å². The van der Waals surface area contributed by atoms with E-state index in [2.05, 4.69) is 15.8 Å². The van der Waals surface area contributed by atoms with Crippen LogP contribution >= 0.6 is 0 Å². The number of hydrogen-bond donors (Lipinski definition) is 0. The molecule has 0 aliphatic carbocycles. The van der Waals surface area contributed by atoms with Gasteiger partial charge in [-0.15, -0.1) is 0 Å². The molecule has 0 spiro atoms. The molecule has 8 heteroatoms. The van der Waals surface area contributed by atoms with Gasteiger partial charge in [-0.3, -0.25) is 0 Å². The van der Waals surface area contributed by atoms with E-state index in [0.29, 0.717) is 33.5 Å². The van der Waals surface area contributed by atoms with Gasteiger partial charge in [-0.05, 0) is 53.6 Å². The topological polar surface area (TPSA) is 42.4 Å². The molecule has 2 aromatic heterocycles. The van der Waals surface area contributed by atoms with Gasteiger partial charge in [-0.1, -0.05) is 78.9 Å². The van der Waals surface area contributed by atoms with E-state index in [-0.39, 0.29) is 22.5 Å². The van der Waals surface area contributed by atoms with Crippen molar-refractivity contribution < 1.29 is 13.2 Å². The Kier molecular flexibility index (Phi) is 6.34. The minimum absolute atomic E-state index is 0.0716. The molecule has 48 heavy (non-hydrogen) atoms. The fourth-order valence-corrected chi connectivity index (χ4v) is 6.84. The second-order valence-electron chi connectivity index (χ2n) is 11.3. The molecule has 0 saturated heterocycles. The predicted molar refractivity (Wildman–Crippen MR) is 183 cm³/mol. The van der Waals surface area contributed by atoms with Crippen LogP contribution in [0.5, 0.6) is 0 Å². The molecule has 0 radical (unpaired) electrons. The van der Waals surface area contributed by atoms with E-state index in [1.54, 1.807) is 42.5 Å². The number of nitriles is 1. The third-order valence-electron chi connectivity index (χ3n) is 8.82. The lowest BCUT2D eigenvalue weighted by molar-refractivity contribution is -0.137. The second-order valence-corrected chi connectivity index (χ2v) is 11.3. The average molecular weight is 628 g/mol. The summed E-state index contributed by atoms with van der Waals surface area (Å²) in [6, 6.07) is 36.7. The Balaban J connectivity index is 1.60. The summed E-state index contributed by atoms with van der Waals surface area (Å²) in [4.78, 5) is 7.71. The summed E-state index contributed by atoms with van der Waals surface area (Å²) in [7, 11) is 0. The molecule has 0 unspecified atom stereocenters. The standard InChI is InChI=1S/C40H20F3N5/c1-45-25-16-18-30-28-11-5-8-14-34(28)48(37(30)22-25)39-31(26-9-3-6-12-32(26)40(41,42)43)19-20-35(38(39)46-2)47-33-13-7-4-10-27(33)29-17-15-24(23-44)21-36(29)47/h3-22H. The number of halogens is 3. The highest BCUT2D eigenvalue weighted by Crippen LogP contribution is 2.48. The lowest BCUT2D eigenvalue weighted by Gasteiger charge is -2.22. The second kappa shape index (κ2) is 10.6. The summed E-state index contributed by atoms with van der Waals surface area (Å²) in [6.07, 6.45) is -4.66. The minimum Gasteiger partial charge on any atom is -0.320 e. The zero-order chi connectivity index (χ0) is 33.2. The predicted octanol–water partition coefficient (Wildman–Crippen LogP) is 11.5. The number of alkyl halides is 3. The van der Waals surface area contributed by atoms with Gasteiger partial charge in [-0.2, -0.15) is 18.4 Å². The Morgan fingerprint density at radius 3 is 1.85 bits per heavy atom. The van der Waals surface area contributed by atoms with Crippen LogP contribution in [-0.2, 0) is 6.18 Å². The van der Waals surface area contributed by atoms with Crippen molar-refractivity contribution in [3.8, 4) is 28.6 Å². The minimum atomic E-state index is -4.66. The Hall–Kier alpha value is -6.82. The zero-order valence-corrected chi connectivity index (χ0v) is 24.9. The Labute approximate surface area is 272 Å². The maximum Gasteiger partial charge on any atom is 0.417 e. The number of hydrogen-bond acceptors (Lipinski definition) is 1. The molecule has 5 nitrogen and oxygen atoms in total. The summed E-state index contributed by atoms with van der Waals surface area (Å²) < 4.78 is 47.5. The largest absolute Gasteiger partial charge is 0.417 e. The van der Waals surface area contributed by atoms with Gasteiger partial charge in [0.15, 0.2) is 5.69 Å². The molecular weight excluding hydrogens is 607 g/mol. The van der Waals surface area contributed by atoms with Gasteiger partial charge in [0, 0.05) is 27.1 Å². The molecule has 0 fully saturated rings. The Bertz CT molecular complexity index is 2760. The van der Waals surface area contributed by atoms with Crippen LogP contribution in [0.3, 0.4) is 0 Å². The summed E-state index contributed by atoms with van der Waals surface area (Å²) >= 11 is 0. The van der Waals surface area contributed by atoms with Gasteiger partial charge in [0.2, 0.25) is 5.69 Å². The molecule has 6 aromatic carbocycles. The molecule has 0 saturated carbocycles. The van der Waals surface area contributed by atoms with Crippen molar-refractivity contribution in [3.05, 3.63) is 155 Å². The zero-order valence-electron chi connectivity index (χ0n) is 24.9. The van der Waals surface area contributed by atoms with Crippen molar-refractivity contribution in [2.45, 2.75) is 6.18 Å². The van der Waals surface area contributed by atoms with Crippen LogP contribution in [0, 0.1) is 24.5 Å². The van der Waals surface area contributed by atoms with Gasteiger partial charge in [-0.25, -0.2) is 9.69 Å². The number of fused-ring (bicyclic) bond motifs is 6. The van der Waals surface area contributed by atoms with Crippen LogP contribution in [0.2, 0.25) is 0 Å². The molecule has 2 heterocycles. The smallest absolute Gasteiger partial charge is 0.320 e. The number of nitrogens with zero attached hydrogens (tertiary/aromatic N) is 5. The van der Waals surface area contributed by atoms with Gasteiger partial charge < -0.3 is 9.13 Å². The van der Waals surface area contributed by atoms with E-state index in [0.717, 1.165) is 33.1 Å². The van der Waals surface area contributed by atoms with Crippen LogP contribution in [0.15, 0.2) is 121 Å². The molecule has 0 atom stereocenters. The summed E-state index contributed by atoms with van der Waals surface area (Å²) in [6.45, 7) is 16.3. The summed E-state index contributed by atoms with van der Waals surface area (Å²) in [5.74, 6) is 0. The maximum atomic E-state index is 14.6. The van der Waals surface area contributed by atoms with Crippen molar-refractivity contribution in [2.24, 2.45) is 0 Å². The summed E-state index contributed by atoms with van der Waals surface area (Å²) in [5.41, 5.74) is 3.66. The molecule has 0 aliphatic heterocycles. The lowest BCUT2D eigenvalue weighted by Crippen LogP contribution is -2.09. The monoisotopic (exact) mass is 627 g/mol. The fraction of sp³-hybridized carbons (Fsp3) is 0.0250. The van der Waals surface area contributed by atoms with Gasteiger partial charge in [0.1, 0.15) is 0 Å². The van der Waals surface area contributed by atoms with Crippen LogP contribution < -0.4 is 0 Å². The molecule has 8 rings (SSSR count).